The molecule has 0 aromatic heterocycles. The summed E-state index contributed by atoms with van der Waals surface area (Å²) in [6.45, 7) is 13.9. The van der Waals surface area contributed by atoms with Crippen LogP contribution in [0.3, 0.4) is 0 Å². The predicted molar refractivity (Wildman–Crippen MR) is 78.2 cm³/mol. The van der Waals surface area contributed by atoms with E-state index in [-0.39, 0.29) is 17.0 Å². The van der Waals surface area contributed by atoms with Crippen molar-refractivity contribution in [2.75, 3.05) is 0 Å². The minimum absolute atomic E-state index is 0.160. The van der Waals surface area contributed by atoms with Crippen LogP contribution in [0, 0.1) is 0 Å². The number of benzene rings is 1. The van der Waals surface area contributed by atoms with Gasteiger partial charge in [0.25, 0.3) is 0 Å². The minimum atomic E-state index is -0.357. The van der Waals surface area contributed by atoms with Crippen molar-refractivity contribution in [1.29, 1.82) is 0 Å². The molecule has 3 nitrogen and oxygen atoms in total. The first kappa shape index (κ1) is 15.7. The van der Waals surface area contributed by atoms with Crippen molar-refractivity contribution in [2.45, 2.75) is 66.1 Å². The zero-order valence-corrected chi connectivity index (χ0v) is 13.1. The highest BCUT2D eigenvalue weighted by atomic mass is 16.5. The van der Waals surface area contributed by atoms with E-state index in [2.05, 4.69) is 0 Å². The minimum Gasteiger partial charge on any atom is -0.504 e. The lowest BCUT2D eigenvalue weighted by molar-refractivity contribution is 0.117. The summed E-state index contributed by atoms with van der Waals surface area (Å²) in [4.78, 5) is 0. The molecular weight excluding hydrogens is 240 g/mol. The molecule has 0 saturated heterocycles. The van der Waals surface area contributed by atoms with Gasteiger partial charge in [0.05, 0.1) is 0 Å². The molecule has 1 N–H and O–H groups in total. The van der Waals surface area contributed by atoms with E-state index < -0.39 is 0 Å². The van der Waals surface area contributed by atoms with Crippen molar-refractivity contribution < 1.29 is 14.6 Å². The highest BCUT2D eigenvalue weighted by Gasteiger charge is 2.20. The Kier molecular flexibility index (Phi) is 4.39. The number of phenolic OH excluding ortho intramolecular Hbond substituents is 1. The fraction of sp³-hybridized carbons (Fsp3) is 0.625. The van der Waals surface area contributed by atoms with Crippen LogP contribution in [0.2, 0.25) is 0 Å². The summed E-state index contributed by atoms with van der Waals surface area (Å²) in [6, 6.07) is 3.51. The molecule has 0 aliphatic rings. The summed E-state index contributed by atoms with van der Waals surface area (Å²) >= 11 is 0. The monoisotopic (exact) mass is 266 g/mol. The summed E-state index contributed by atoms with van der Waals surface area (Å²) in [5, 5.41) is 10.0. The molecule has 0 radical (unpaired) electrons. The highest BCUT2D eigenvalue weighted by Crippen LogP contribution is 2.37. The van der Waals surface area contributed by atoms with Gasteiger partial charge in [-0.3, -0.25) is 0 Å². The predicted octanol–water partition coefficient (Wildman–Crippen LogP) is 4.31. The first-order valence-electron chi connectivity index (χ1n) is 6.76. The highest BCUT2D eigenvalue weighted by molar-refractivity contribution is 5.50. The number of aromatic hydroxyl groups is 1. The van der Waals surface area contributed by atoms with Gasteiger partial charge >= 0.3 is 0 Å². The van der Waals surface area contributed by atoms with E-state index in [0.29, 0.717) is 5.75 Å². The second-order valence-electron chi connectivity index (χ2n) is 6.71. The van der Waals surface area contributed by atoms with Gasteiger partial charge < -0.3 is 14.6 Å². The quantitative estimate of drug-likeness (QED) is 0.886. The average Bonchev–Trinajstić information content (AvgIpc) is 2.18. The second kappa shape index (κ2) is 5.32. The number of hydrogen-bond donors (Lipinski definition) is 1. The van der Waals surface area contributed by atoms with Crippen LogP contribution in [0.4, 0.5) is 0 Å². The van der Waals surface area contributed by atoms with E-state index in [1.807, 2.05) is 48.5 Å². The molecule has 0 heterocycles. The molecule has 0 aliphatic heterocycles. The van der Waals surface area contributed by atoms with Gasteiger partial charge in [-0.15, -0.1) is 0 Å². The molecule has 0 fully saturated rings. The summed E-state index contributed by atoms with van der Waals surface area (Å²) in [5.41, 5.74) is 0.345. The molecule has 0 spiro atoms. The molecule has 0 aliphatic carbocycles. The van der Waals surface area contributed by atoms with Gasteiger partial charge in [0.2, 0.25) is 0 Å². The first-order valence-corrected chi connectivity index (χ1v) is 6.76. The van der Waals surface area contributed by atoms with Crippen LogP contribution in [0.5, 0.6) is 17.2 Å². The summed E-state index contributed by atoms with van der Waals surface area (Å²) in [5.74, 6) is 1.39. The molecule has 0 amide bonds. The van der Waals surface area contributed by atoms with E-state index in [4.69, 9.17) is 9.47 Å². The normalized spacial score (nSPS) is 12.4. The number of rotatable bonds is 3. The second-order valence-corrected chi connectivity index (χ2v) is 6.71. The van der Waals surface area contributed by atoms with Gasteiger partial charge in [0.15, 0.2) is 11.5 Å². The molecular formula is C16H26O3. The molecule has 19 heavy (non-hydrogen) atoms. The van der Waals surface area contributed by atoms with Crippen molar-refractivity contribution in [3.05, 3.63) is 17.7 Å². The maximum absolute atomic E-state index is 10.0. The molecule has 0 bridgehead atoms. The van der Waals surface area contributed by atoms with Crippen LogP contribution in [0.25, 0.3) is 0 Å². The maximum atomic E-state index is 10.0. The lowest BCUT2D eigenvalue weighted by Gasteiger charge is -2.26. The van der Waals surface area contributed by atoms with Crippen LogP contribution in [0.15, 0.2) is 12.1 Å². The Labute approximate surface area is 116 Å². The SMILES string of the molecule is CCc1cc(O)c(OC(C)(C)C)cc1OC(C)(C)C. The summed E-state index contributed by atoms with van der Waals surface area (Å²) in [6.07, 6.45) is 0.800. The maximum Gasteiger partial charge on any atom is 0.165 e. The van der Waals surface area contributed by atoms with E-state index in [1.165, 1.54) is 0 Å². The molecule has 1 aromatic carbocycles. The van der Waals surface area contributed by atoms with Crippen molar-refractivity contribution in [1.82, 2.24) is 0 Å². The Hall–Kier alpha value is -1.38. The van der Waals surface area contributed by atoms with Crippen LogP contribution in [-0.4, -0.2) is 16.3 Å². The molecule has 3 heteroatoms. The zero-order valence-electron chi connectivity index (χ0n) is 13.1. The van der Waals surface area contributed by atoms with E-state index in [1.54, 1.807) is 12.1 Å². The Morgan fingerprint density at radius 2 is 1.37 bits per heavy atom. The van der Waals surface area contributed by atoms with E-state index >= 15 is 0 Å². The Balaban J connectivity index is 3.18. The van der Waals surface area contributed by atoms with Gasteiger partial charge in [-0.25, -0.2) is 0 Å². The van der Waals surface area contributed by atoms with Gasteiger partial charge in [0.1, 0.15) is 17.0 Å². The number of aryl methyl sites for hydroxylation is 1. The van der Waals surface area contributed by atoms with Crippen molar-refractivity contribution in [3.63, 3.8) is 0 Å². The molecule has 1 rings (SSSR count). The number of phenols is 1. The number of hydrogen-bond acceptors (Lipinski definition) is 3. The third kappa shape index (κ3) is 5.01. The molecule has 1 aromatic rings. The van der Waals surface area contributed by atoms with Gasteiger partial charge in [-0.1, -0.05) is 6.92 Å². The molecule has 0 unspecified atom stereocenters. The Morgan fingerprint density at radius 3 is 1.79 bits per heavy atom. The largest absolute Gasteiger partial charge is 0.504 e. The van der Waals surface area contributed by atoms with Crippen molar-refractivity contribution in [3.8, 4) is 17.2 Å². The van der Waals surface area contributed by atoms with Gasteiger partial charge in [0, 0.05) is 6.07 Å². The topological polar surface area (TPSA) is 38.7 Å². The van der Waals surface area contributed by atoms with Crippen molar-refractivity contribution >= 4 is 0 Å². The van der Waals surface area contributed by atoms with Crippen LogP contribution < -0.4 is 9.47 Å². The Bertz CT molecular complexity index is 437. The van der Waals surface area contributed by atoms with Crippen molar-refractivity contribution in [2.24, 2.45) is 0 Å². The third-order valence-corrected chi connectivity index (χ3v) is 2.36. The third-order valence-electron chi connectivity index (χ3n) is 2.36. The van der Waals surface area contributed by atoms with Gasteiger partial charge in [-0.05, 0) is 59.6 Å². The molecule has 108 valence electrons. The molecule has 0 atom stereocenters. The summed E-state index contributed by atoms with van der Waals surface area (Å²) in [7, 11) is 0. The Morgan fingerprint density at radius 1 is 0.895 bits per heavy atom. The van der Waals surface area contributed by atoms with Crippen LogP contribution in [-0.2, 0) is 6.42 Å². The standard InChI is InChI=1S/C16H26O3/c1-8-11-9-12(17)14(19-16(5,6)7)10-13(11)18-15(2,3)4/h9-10,17H,8H2,1-7H3. The summed E-state index contributed by atoms with van der Waals surface area (Å²) < 4.78 is 11.7. The van der Waals surface area contributed by atoms with Gasteiger partial charge in [-0.2, -0.15) is 0 Å². The first-order chi connectivity index (χ1) is 8.52. The van der Waals surface area contributed by atoms with Crippen LogP contribution >= 0.6 is 0 Å². The number of ether oxygens (including phenoxy) is 2. The fourth-order valence-electron chi connectivity index (χ4n) is 1.71. The smallest absolute Gasteiger partial charge is 0.165 e. The van der Waals surface area contributed by atoms with Crippen LogP contribution in [0.1, 0.15) is 54.0 Å². The van der Waals surface area contributed by atoms with E-state index in [9.17, 15) is 5.11 Å². The van der Waals surface area contributed by atoms with E-state index in [0.717, 1.165) is 17.7 Å². The molecule has 0 saturated carbocycles. The zero-order chi connectivity index (χ0) is 14.8. The lowest BCUT2D eigenvalue weighted by Crippen LogP contribution is -2.25. The average molecular weight is 266 g/mol. The lowest BCUT2D eigenvalue weighted by atomic mass is 10.1. The fourth-order valence-corrected chi connectivity index (χ4v) is 1.71.